The summed E-state index contributed by atoms with van der Waals surface area (Å²) < 4.78 is 8.35. The molecule has 7 heteroatoms. The number of carbonyl (C=O) groups is 1. The van der Waals surface area contributed by atoms with E-state index in [1.165, 1.54) is 0 Å². The summed E-state index contributed by atoms with van der Waals surface area (Å²) >= 11 is 4.32. The summed E-state index contributed by atoms with van der Waals surface area (Å²) in [5.74, 6) is -0.842. The van der Waals surface area contributed by atoms with Crippen LogP contribution >= 0.6 is 6.72 Å². The van der Waals surface area contributed by atoms with Gasteiger partial charge in [0.2, 0.25) is 0 Å². The van der Waals surface area contributed by atoms with Crippen LogP contribution in [0.1, 0.15) is 0 Å². The Balaban J connectivity index is 3.79. The first-order valence-corrected chi connectivity index (χ1v) is 5.02. The third-order valence-electron chi connectivity index (χ3n) is 0.611. The molecule has 0 amide bonds. The molecule has 1 unspecified atom stereocenters. The predicted molar refractivity (Wildman–Crippen MR) is 40.9 cm³/mol. The molecule has 0 aromatic heterocycles. The Bertz CT molecular complexity index is 203. The average molecular weight is 198 g/mol. The molecule has 0 saturated carbocycles. The van der Waals surface area contributed by atoms with E-state index in [-0.39, 0.29) is 0 Å². The van der Waals surface area contributed by atoms with Gasteiger partial charge >= 0.3 is 12.7 Å². The molecule has 1 N–H and O–H groups in total. The third kappa shape index (κ3) is 5.06. The fourth-order valence-electron chi connectivity index (χ4n) is 0.148. The molecule has 0 rings (SSSR count). The van der Waals surface area contributed by atoms with Crippen molar-refractivity contribution in [2.45, 2.75) is 0 Å². The molecular formula is C4H7O5PS. The zero-order chi connectivity index (χ0) is 8.91. The third-order valence-corrected chi connectivity index (χ3v) is 1.97. The van der Waals surface area contributed by atoms with Crippen molar-refractivity contribution in [1.29, 1.82) is 0 Å². The van der Waals surface area contributed by atoms with Crippen molar-refractivity contribution < 1.29 is 23.8 Å². The minimum atomic E-state index is -3.40. The molecule has 0 saturated heterocycles. The largest absolute Gasteiger partial charge is 0.365 e. The lowest BCUT2D eigenvalue weighted by Gasteiger charge is -2.08. The normalized spacial score (nSPS) is 15.1. The van der Waals surface area contributed by atoms with E-state index in [1.807, 2.05) is 0 Å². The van der Waals surface area contributed by atoms with Gasteiger partial charge in [-0.1, -0.05) is 11.3 Å². The van der Waals surface area contributed by atoms with Crippen molar-refractivity contribution in [2.75, 3.05) is 7.11 Å². The van der Waals surface area contributed by atoms with Crippen LogP contribution in [0.15, 0.2) is 12.7 Å². The average Bonchev–Trinajstić information content (AvgIpc) is 2.00. The van der Waals surface area contributed by atoms with Crippen LogP contribution in [0.4, 0.5) is 0 Å². The van der Waals surface area contributed by atoms with Gasteiger partial charge in [0.05, 0.1) is 0 Å². The summed E-state index contributed by atoms with van der Waals surface area (Å²) in [5.41, 5.74) is 0. The first-order chi connectivity index (χ1) is 5.02. The molecule has 1 atom stereocenters. The monoisotopic (exact) mass is 198 g/mol. The van der Waals surface area contributed by atoms with Crippen LogP contribution < -0.4 is 0 Å². The fourth-order valence-corrected chi connectivity index (χ4v) is 0.468. The second kappa shape index (κ2) is 4.58. The highest BCUT2D eigenvalue weighted by molar-refractivity contribution is 8.07. The van der Waals surface area contributed by atoms with Crippen molar-refractivity contribution in [3.63, 3.8) is 0 Å². The topological polar surface area (TPSA) is 65.0 Å². The van der Waals surface area contributed by atoms with Crippen LogP contribution in [0.5, 0.6) is 0 Å². The molecule has 0 heterocycles. The van der Waals surface area contributed by atoms with Crippen molar-refractivity contribution in [3.8, 4) is 0 Å². The van der Waals surface area contributed by atoms with Gasteiger partial charge in [-0.25, -0.2) is 4.79 Å². The molecule has 0 bridgehead atoms. The summed E-state index contributed by atoms with van der Waals surface area (Å²) in [6.07, 6.45) is 0.866. The van der Waals surface area contributed by atoms with Gasteiger partial charge in [0.25, 0.3) is 0 Å². The Labute approximate surface area is 68.8 Å². The maximum atomic E-state index is 10.3. The number of carbonyl (C=O) groups excluding carboxylic acids is 1. The van der Waals surface area contributed by atoms with Crippen molar-refractivity contribution in [2.24, 2.45) is 0 Å². The van der Waals surface area contributed by atoms with E-state index in [4.69, 9.17) is 4.89 Å². The molecule has 0 aliphatic carbocycles. The van der Waals surface area contributed by atoms with E-state index in [0.29, 0.717) is 0 Å². The van der Waals surface area contributed by atoms with Gasteiger partial charge in [-0.2, -0.15) is 0 Å². The predicted octanol–water partition coefficient (Wildman–Crippen LogP) is 0.510. The van der Waals surface area contributed by atoms with Crippen molar-refractivity contribution in [1.82, 2.24) is 0 Å². The van der Waals surface area contributed by atoms with E-state index < -0.39 is 12.7 Å². The molecule has 11 heavy (non-hydrogen) atoms. The zero-order valence-electron chi connectivity index (χ0n) is 5.72. The summed E-state index contributed by atoms with van der Waals surface area (Å²) in [7, 11) is 1.14. The van der Waals surface area contributed by atoms with Gasteiger partial charge in [0.15, 0.2) is 0 Å². The maximum Gasteiger partial charge on any atom is 0.365 e. The molecule has 0 aromatic carbocycles. The van der Waals surface area contributed by atoms with Crippen LogP contribution in [-0.2, 0) is 30.7 Å². The van der Waals surface area contributed by atoms with E-state index in [0.717, 1.165) is 13.2 Å². The first-order valence-electron chi connectivity index (χ1n) is 2.43. The molecular weight excluding hydrogens is 191 g/mol. The molecule has 64 valence electrons. The summed E-state index contributed by atoms with van der Waals surface area (Å²) in [6.45, 7) is -0.310. The van der Waals surface area contributed by atoms with Crippen LogP contribution in [0.2, 0.25) is 0 Å². The number of hydrogen-bond donors (Lipinski definition) is 1. The SMILES string of the molecule is C=CC(=O)OOP(O)(=S)OC. The summed E-state index contributed by atoms with van der Waals surface area (Å²) in [5, 5.41) is 0. The van der Waals surface area contributed by atoms with Crippen LogP contribution in [0, 0.1) is 0 Å². The van der Waals surface area contributed by atoms with Gasteiger partial charge in [-0.3, -0.25) is 4.89 Å². The van der Waals surface area contributed by atoms with Gasteiger partial charge in [0.1, 0.15) is 0 Å². The molecule has 0 radical (unpaired) electrons. The second-order valence-electron chi connectivity index (χ2n) is 1.33. The molecule has 0 spiro atoms. The Morgan fingerprint density at radius 1 is 1.82 bits per heavy atom. The van der Waals surface area contributed by atoms with E-state index >= 15 is 0 Å². The van der Waals surface area contributed by atoms with Gasteiger partial charge in [0, 0.05) is 13.2 Å². The number of hydrogen-bond acceptors (Lipinski definition) is 5. The zero-order valence-corrected chi connectivity index (χ0v) is 7.43. The quantitative estimate of drug-likeness (QED) is 0.307. The highest BCUT2D eigenvalue weighted by Crippen LogP contribution is 2.42. The fraction of sp³-hybridized carbons (Fsp3) is 0.250. The van der Waals surface area contributed by atoms with Crippen molar-refractivity contribution >= 4 is 24.5 Å². The lowest BCUT2D eigenvalue weighted by molar-refractivity contribution is -0.212. The Morgan fingerprint density at radius 3 is 2.73 bits per heavy atom. The minimum Gasteiger partial charge on any atom is -0.322 e. The van der Waals surface area contributed by atoms with Crippen LogP contribution in [0.3, 0.4) is 0 Å². The van der Waals surface area contributed by atoms with Gasteiger partial charge in [-0.15, -0.1) is 0 Å². The standard InChI is InChI=1S/C4H7O5PS/c1-3-4(5)8-9-10(6,11)7-2/h3H,1H2,2H3,(H,6,11). The molecule has 0 fully saturated rings. The highest BCUT2D eigenvalue weighted by atomic mass is 32.5. The molecule has 0 aliphatic heterocycles. The summed E-state index contributed by atoms with van der Waals surface area (Å²) in [6, 6.07) is 0. The Morgan fingerprint density at radius 2 is 2.36 bits per heavy atom. The van der Waals surface area contributed by atoms with E-state index in [9.17, 15) is 4.79 Å². The van der Waals surface area contributed by atoms with Crippen molar-refractivity contribution in [3.05, 3.63) is 12.7 Å². The lowest BCUT2D eigenvalue weighted by Crippen LogP contribution is -2.00. The van der Waals surface area contributed by atoms with Gasteiger partial charge < -0.3 is 9.42 Å². The molecule has 0 aromatic rings. The first kappa shape index (κ1) is 10.7. The molecule has 0 aliphatic rings. The Hall–Kier alpha value is -0.260. The van der Waals surface area contributed by atoms with E-state index in [2.05, 4.69) is 32.5 Å². The highest BCUT2D eigenvalue weighted by Gasteiger charge is 2.15. The summed E-state index contributed by atoms with van der Waals surface area (Å²) in [4.78, 5) is 23.1. The molecule has 5 nitrogen and oxygen atoms in total. The Kier molecular flexibility index (Phi) is 4.48. The van der Waals surface area contributed by atoms with E-state index in [1.54, 1.807) is 0 Å². The van der Waals surface area contributed by atoms with Crippen LogP contribution in [-0.4, -0.2) is 18.0 Å². The number of rotatable bonds is 4. The second-order valence-corrected chi connectivity index (χ2v) is 4.17. The van der Waals surface area contributed by atoms with Gasteiger partial charge in [-0.05, 0) is 11.8 Å². The lowest BCUT2D eigenvalue weighted by atomic mass is 10.7. The maximum absolute atomic E-state index is 10.3. The van der Waals surface area contributed by atoms with Crippen LogP contribution in [0.25, 0.3) is 0 Å². The smallest absolute Gasteiger partial charge is 0.322 e. The minimum absolute atomic E-state index is 0.842.